The standard InChI is InChI=1S/C17H22N4O3/c1-20-8-10-21(11-9-20)15(22)7-6-14-17(24)18-13-5-3-2-4-12(13)16(23)19-14/h2-5,14H,6-11H2,1H3,(H,18,24)(H,19,23). The summed E-state index contributed by atoms with van der Waals surface area (Å²) in [5.74, 6) is -0.535. The zero-order valence-corrected chi connectivity index (χ0v) is 13.7. The zero-order valence-electron chi connectivity index (χ0n) is 13.7. The SMILES string of the molecule is CN1CCN(C(=O)CCC2NC(=O)c3ccccc3NC2=O)CC1. The topological polar surface area (TPSA) is 81.8 Å². The highest BCUT2D eigenvalue weighted by atomic mass is 16.2. The van der Waals surface area contributed by atoms with E-state index in [-0.39, 0.29) is 24.1 Å². The number of fused-ring (bicyclic) bond motifs is 1. The molecule has 1 atom stereocenters. The van der Waals surface area contributed by atoms with Gasteiger partial charge in [-0.2, -0.15) is 0 Å². The highest BCUT2D eigenvalue weighted by Gasteiger charge is 2.28. The molecule has 1 fully saturated rings. The molecule has 1 saturated heterocycles. The number of amides is 3. The maximum atomic E-state index is 12.3. The number of hydrogen-bond acceptors (Lipinski definition) is 4. The fourth-order valence-corrected chi connectivity index (χ4v) is 3.00. The third-order valence-electron chi connectivity index (χ3n) is 4.55. The van der Waals surface area contributed by atoms with Crippen LogP contribution in [-0.4, -0.2) is 66.8 Å². The van der Waals surface area contributed by atoms with Gasteiger partial charge in [-0.1, -0.05) is 12.1 Å². The first-order valence-electron chi connectivity index (χ1n) is 8.21. The van der Waals surface area contributed by atoms with Crippen molar-refractivity contribution in [2.75, 3.05) is 38.5 Å². The average Bonchev–Trinajstić information content (AvgIpc) is 2.70. The van der Waals surface area contributed by atoms with Crippen LogP contribution in [0.4, 0.5) is 5.69 Å². The molecule has 1 unspecified atom stereocenters. The molecular weight excluding hydrogens is 308 g/mol. The van der Waals surface area contributed by atoms with Gasteiger partial charge in [0.25, 0.3) is 5.91 Å². The van der Waals surface area contributed by atoms with Gasteiger partial charge < -0.3 is 20.4 Å². The first-order valence-corrected chi connectivity index (χ1v) is 8.21. The quantitative estimate of drug-likeness (QED) is 0.835. The summed E-state index contributed by atoms with van der Waals surface area (Å²) in [7, 11) is 2.03. The van der Waals surface area contributed by atoms with Crippen LogP contribution >= 0.6 is 0 Å². The number of rotatable bonds is 3. The van der Waals surface area contributed by atoms with Crippen LogP contribution in [0.5, 0.6) is 0 Å². The second-order valence-electron chi connectivity index (χ2n) is 6.28. The first-order chi connectivity index (χ1) is 11.5. The number of anilines is 1. The molecule has 2 heterocycles. The molecule has 2 aliphatic rings. The Labute approximate surface area is 141 Å². The van der Waals surface area contributed by atoms with Gasteiger partial charge in [0.05, 0.1) is 11.3 Å². The van der Waals surface area contributed by atoms with Crippen LogP contribution in [0.3, 0.4) is 0 Å². The van der Waals surface area contributed by atoms with Crippen molar-refractivity contribution in [1.82, 2.24) is 15.1 Å². The summed E-state index contributed by atoms with van der Waals surface area (Å²) in [5, 5.41) is 5.48. The van der Waals surface area contributed by atoms with Gasteiger partial charge in [-0.3, -0.25) is 14.4 Å². The molecule has 3 amide bonds. The van der Waals surface area contributed by atoms with Gasteiger partial charge >= 0.3 is 0 Å². The van der Waals surface area contributed by atoms with E-state index in [1.165, 1.54) is 0 Å². The van der Waals surface area contributed by atoms with Gasteiger partial charge in [-0.15, -0.1) is 0 Å². The highest BCUT2D eigenvalue weighted by molar-refractivity contribution is 6.09. The van der Waals surface area contributed by atoms with Crippen LogP contribution in [-0.2, 0) is 9.59 Å². The number of para-hydroxylation sites is 1. The molecule has 0 bridgehead atoms. The van der Waals surface area contributed by atoms with Crippen molar-refractivity contribution in [2.45, 2.75) is 18.9 Å². The number of nitrogens with zero attached hydrogens (tertiary/aromatic N) is 2. The normalized spacial score (nSPS) is 21.5. The molecule has 2 N–H and O–H groups in total. The Balaban J connectivity index is 1.59. The maximum absolute atomic E-state index is 12.3. The predicted molar refractivity (Wildman–Crippen MR) is 89.6 cm³/mol. The minimum Gasteiger partial charge on any atom is -0.340 e. The van der Waals surface area contributed by atoms with E-state index < -0.39 is 6.04 Å². The van der Waals surface area contributed by atoms with Gasteiger partial charge in [0, 0.05) is 32.6 Å². The summed E-state index contributed by atoms with van der Waals surface area (Å²) >= 11 is 0. The van der Waals surface area contributed by atoms with E-state index in [1.54, 1.807) is 24.3 Å². The smallest absolute Gasteiger partial charge is 0.254 e. The number of likely N-dealkylation sites (N-methyl/N-ethyl adjacent to an activating group) is 1. The third-order valence-corrected chi connectivity index (χ3v) is 4.55. The molecule has 128 valence electrons. The van der Waals surface area contributed by atoms with Crippen LogP contribution in [0.2, 0.25) is 0 Å². The molecule has 1 aromatic rings. The molecule has 24 heavy (non-hydrogen) atoms. The molecule has 0 aliphatic carbocycles. The van der Waals surface area contributed by atoms with Crippen molar-refractivity contribution in [2.24, 2.45) is 0 Å². The zero-order chi connectivity index (χ0) is 17.1. The Bertz CT molecular complexity index is 653. The number of nitrogens with one attached hydrogen (secondary N) is 2. The van der Waals surface area contributed by atoms with Gasteiger partial charge in [0.1, 0.15) is 6.04 Å². The summed E-state index contributed by atoms with van der Waals surface area (Å²) in [5.41, 5.74) is 0.951. The van der Waals surface area contributed by atoms with Crippen LogP contribution in [0.15, 0.2) is 24.3 Å². The number of hydrogen-bond donors (Lipinski definition) is 2. The van der Waals surface area contributed by atoms with Gasteiger partial charge in [-0.05, 0) is 25.6 Å². The maximum Gasteiger partial charge on any atom is 0.254 e. The highest BCUT2D eigenvalue weighted by Crippen LogP contribution is 2.19. The summed E-state index contributed by atoms with van der Waals surface area (Å²) in [6.07, 6.45) is 0.551. The van der Waals surface area contributed by atoms with E-state index in [2.05, 4.69) is 15.5 Å². The van der Waals surface area contributed by atoms with Crippen LogP contribution < -0.4 is 10.6 Å². The minimum atomic E-state index is -0.693. The lowest BCUT2D eigenvalue weighted by atomic mass is 10.1. The second-order valence-corrected chi connectivity index (χ2v) is 6.28. The van der Waals surface area contributed by atoms with E-state index in [1.807, 2.05) is 11.9 Å². The summed E-state index contributed by atoms with van der Waals surface area (Å²) in [6.45, 7) is 3.15. The number of piperazine rings is 1. The van der Waals surface area contributed by atoms with Gasteiger partial charge in [-0.25, -0.2) is 0 Å². The van der Waals surface area contributed by atoms with Crippen LogP contribution in [0, 0.1) is 0 Å². The van der Waals surface area contributed by atoms with E-state index in [0.29, 0.717) is 30.8 Å². The second kappa shape index (κ2) is 7.00. The first kappa shape index (κ1) is 16.4. The Kier molecular flexibility index (Phi) is 4.80. The van der Waals surface area contributed by atoms with Crippen molar-refractivity contribution in [3.05, 3.63) is 29.8 Å². The van der Waals surface area contributed by atoms with E-state index in [0.717, 1.165) is 13.1 Å². The monoisotopic (exact) mass is 330 g/mol. The molecular formula is C17H22N4O3. The molecule has 1 aromatic carbocycles. The van der Waals surface area contributed by atoms with Crippen LogP contribution in [0.25, 0.3) is 0 Å². The van der Waals surface area contributed by atoms with Crippen molar-refractivity contribution in [3.63, 3.8) is 0 Å². The van der Waals surface area contributed by atoms with Crippen molar-refractivity contribution >= 4 is 23.4 Å². The fourth-order valence-electron chi connectivity index (χ4n) is 3.00. The van der Waals surface area contributed by atoms with E-state index in [9.17, 15) is 14.4 Å². The molecule has 0 saturated carbocycles. The van der Waals surface area contributed by atoms with Crippen molar-refractivity contribution in [1.29, 1.82) is 0 Å². The van der Waals surface area contributed by atoms with Gasteiger partial charge in [0.15, 0.2) is 0 Å². The minimum absolute atomic E-state index is 0.0342. The summed E-state index contributed by atoms with van der Waals surface area (Å²) in [4.78, 5) is 40.8. The summed E-state index contributed by atoms with van der Waals surface area (Å²) < 4.78 is 0. The molecule has 0 spiro atoms. The van der Waals surface area contributed by atoms with Crippen molar-refractivity contribution in [3.8, 4) is 0 Å². The Hall–Kier alpha value is -2.41. The lowest BCUT2D eigenvalue weighted by Crippen LogP contribution is -2.48. The molecule has 0 aromatic heterocycles. The molecule has 0 radical (unpaired) electrons. The summed E-state index contributed by atoms with van der Waals surface area (Å²) in [6, 6.07) is 6.19. The van der Waals surface area contributed by atoms with Crippen LogP contribution in [0.1, 0.15) is 23.2 Å². The Morgan fingerprint density at radius 1 is 1.17 bits per heavy atom. The largest absolute Gasteiger partial charge is 0.340 e. The molecule has 7 heteroatoms. The van der Waals surface area contributed by atoms with E-state index in [4.69, 9.17) is 0 Å². The lowest BCUT2D eigenvalue weighted by Gasteiger charge is -2.32. The lowest BCUT2D eigenvalue weighted by molar-refractivity contribution is -0.133. The predicted octanol–water partition coefficient (Wildman–Crippen LogP) is 0.291. The fraction of sp³-hybridized carbons (Fsp3) is 0.471. The molecule has 7 nitrogen and oxygen atoms in total. The third kappa shape index (κ3) is 3.56. The Morgan fingerprint density at radius 3 is 2.62 bits per heavy atom. The average molecular weight is 330 g/mol. The number of benzene rings is 1. The van der Waals surface area contributed by atoms with Crippen molar-refractivity contribution < 1.29 is 14.4 Å². The van der Waals surface area contributed by atoms with E-state index >= 15 is 0 Å². The number of carbonyl (C=O) groups is 3. The van der Waals surface area contributed by atoms with Gasteiger partial charge in [0.2, 0.25) is 11.8 Å². The molecule has 3 rings (SSSR count). The Morgan fingerprint density at radius 2 is 1.88 bits per heavy atom. The number of carbonyl (C=O) groups excluding carboxylic acids is 3. The molecule has 2 aliphatic heterocycles.